The van der Waals surface area contributed by atoms with Gasteiger partial charge in [0.25, 0.3) is 0 Å². The average molecular weight is 258 g/mol. The van der Waals surface area contributed by atoms with Gasteiger partial charge in [-0.2, -0.15) is 0 Å². The molecule has 2 aromatic rings. The predicted molar refractivity (Wildman–Crippen MR) is 73.5 cm³/mol. The quantitative estimate of drug-likeness (QED) is 0.781. The van der Waals surface area contributed by atoms with Crippen molar-refractivity contribution in [2.24, 2.45) is 0 Å². The Bertz CT molecular complexity index is 591. The molecule has 1 unspecified atom stereocenters. The summed E-state index contributed by atoms with van der Waals surface area (Å²) in [6.07, 6.45) is 3.75. The van der Waals surface area contributed by atoms with Crippen LogP contribution in [-0.2, 0) is 4.74 Å². The standard InChI is InChI=1S/C16H18O3/c1-11-4-2-5-12-10-15(19-16(11)12)14(17)8-7-13-6-3-9-18-13/h2,4-5,10,13H,3,6-9H2,1H3. The van der Waals surface area contributed by atoms with Gasteiger partial charge in [-0.05, 0) is 37.8 Å². The van der Waals surface area contributed by atoms with Gasteiger partial charge in [-0.25, -0.2) is 0 Å². The number of fused-ring (bicyclic) bond motifs is 1. The third kappa shape index (κ3) is 2.56. The van der Waals surface area contributed by atoms with Crippen LogP contribution in [0.2, 0.25) is 0 Å². The Morgan fingerprint density at radius 3 is 3.05 bits per heavy atom. The number of carbonyl (C=O) groups is 1. The first-order valence-electron chi connectivity index (χ1n) is 6.88. The summed E-state index contributed by atoms with van der Waals surface area (Å²) in [6.45, 7) is 2.83. The molecule has 1 aliphatic heterocycles. The Kier molecular flexibility index (Phi) is 3.38. The van der Waals surface area contributed by atoms with Gasteiger partial charge in [-0.3, -0.25) is 4.79 Å². The molecule has 3 nitrogen and oxygen atoms in total. The number of carbonyl (C=O) groups excluding carboxylic acids is 1. The maximum absolute atomic E-state index is 12.1. The second kappa shape index (κ2) is 5.17. The summed E-state index contributed by atoms with van der Waals surface area (Å²) in [7, 11) is 0. The van der Waals surface area contributed by atoms with Gasteiger partial charge in [0, 0.05) is 18.4 Å². The molecule has 19 heavy (non-hydrogen) atoms. The first-order chi connectivity index (χ1) is 9.24. The number of ether oxygens (including phenoxy) is 1. The molecule has 2 heterocycles. The van der Waals surface area contributed by atoms with Gasteiger partial charge < -0.3 is 9.15 Å². The Labute approximate surface area is 112 Å². The highest BCUT2D eigenvalue weighted by atomic mass is 16.5. The van der Waals surface area contributed by atoms with E-state index in [9.17, 15) is 4.79 Å². The van der Waals surface area contributed by atoms with Crippen LogP contribution in [0.5, 0.6) is 0 Å². The average Bonchev–Trinajstić information content (AvgIpc) is 3.05. The molecule has 0 N–H and O–H groups in total. The van der Waals surface area contributed by atoms with E-state index in [0.717, 1.165) is 42.4 Å². The first-order valence-corrected chi connectivity index (χ1v) is 6.88. The monoisotopic (exact) mass is 258 g/mol. The SMILES string of the molecule is Cc1cccc2cc(C(=O)CCC3CCCO3)oc12. The van der Waals surface area contributed by atoms with Crippen LogP contribution < -0.4 is 0 Å². The summed E-state index contributed by atoms with van der Waals surface area (Å²) in [5, 5.41) is 1.00. The molecular formula is C16H18O3. The van der Waals surface area contributed by atoms with Gasteiger partial charge in [-0.1, -0.05) is 18.2 Å². The van der Waals surface area contributed by atoms with Crippen LogP contribution in [0.15, 0.2) is 28.7 Å². The molecule has 1 saturated heterocycles. The summed E-state index contributed by atoms with van der Waals surface area (Å²) < 4.78 is 11.2. The van der Waals surface area contributed by atoms with E-state index >= 15 is 0 Å². The Balaban J connectivity index is 1.72. The number of Topliss-reactive ketones (excluding diaryl/α,β-unsaturated/α-hetero) is 1. The summed E-state index contributed by atoms with van der Waals surface area (Å²) >= 11 is 0. The number of hydrogen-bond donors (Lipinski definition) is 0. The zero-order valence-corrected chi connectivity index (χ0v) is 11.1. The maximum atomic E-state index is 12.1. The van der Waals surface area contributed by atoms with Gasteiger partial charge in [0.1, 0.15) is 5.58 Å². The van der Waals surface area contributed by atoms with E-state index < -0.39 is 0 Å². The zero-order valence-electron chi connectivity index (χ0n) is 11.1. The molecule has 100 valence electrons. The fraction of sp³-hybridized carbons (Fsp3) is 0.438. The van der Waals surface area contributed by atoms with Crippen LogP contribution in [0.25, 0.3) is 11.0 Å². The number of rotatable bonds is 4. The molecule has 0 radical (unpaired) electrons. The van der Waals surface area contributed by atoms with Gasteiger partial charge in [0.2, 0.25) is 0 Å². The van der Waals surface area contributed by atoms with Crippen molar-refractivity contribution in [3.05, 3.63) is 35.6 Å². The van der Waals surface area contributed by atoms with Gasteiger partial charge in [0.05, 0.1) is 6.10 Å². The second-order valence-electron chi connectivity index (χ2n) is 5.20. The smallest absolute Gasteiger partial charge is 0.198 e. The fourth-order valence-electron chi connectivity index (χ4n) is 2.63. The lowest BCUT2D eigenvalue weighted by Crippen LogP contribution is -2.08. The highest BCUT2D eigenvalue weighted by molar-refractivity contribution is 5.98. The van der Waals surface area contributed by atoms with Crippen molar-refractivity contribution in [1.82, 2.24) is 0 Å². The normalized spacial score (nSPS) is 19.1. The highest BCUT2D eigenvalue weighted by Crippen LogP contribution is 2.24. The van der Waals surface area contributed by atoms with Crippen LogP contribution in [0, 0.1) is 6.92 Å². The minimum absolute atomic E-state index is 0.0751. The van der Waals surface area contributed by atoms with Crippen LogP contribution >= 0.6 is 0 Å². The van der Waals surface area contributed by atoms with Crippen LogP contribution in [0.4, 0.5) is 0 Å². The van der Waals surface area contributed by atoms with Gasteiger partial charge >= 0.3 is 0 Å². The third-order valence-electron chi connectivity index (χ3n) is 3.73. The number of benzene rings is 1. The molecule has 1 aromatic carbocycles. The Morgan fingerprint density at radius 2 is 2.32 bits per heavy atom. The molecule has 1 atom stereocenters. The Hall–Kier alpha value is -1.61. The number of aryl methyl sites for hydroxylation is 1. The molecule has 0 saturated carbocycles. The van der Waals surface area contributed by atoms with E-state index in [1.165, 1.54) is 0 Å². The van der Waals surface area contributed by atoms with E-state index in [1.54, 1.807) is 0 Å². The van der Waals surface area contributed by atoms with Crippen molar-refractivity contribution in [1.29, 1.82) is 0 Å². The van der Waals surface area contributed by atoms with E-state index in [1.807, 2.05) is 31.2 Å². The molecule has 3 rings (SSSR count). The molecule has 1 aromatic heterocycles. The van der Waals surface area contributed by atoms with Crippen LogP contribution in [0.1, 0.15) is 41.8 Å². The van der Waals surface area contributed by atoms with Crippen molar-refractivity contribution in [3.8, 4) is 0 Å². The second-order valence-corrected chi connectivity index (χ2v) is 5.20. The van der Waals surface area contributed by atoms with Gasteiger partial charge in [-0.15, -0.1) is 0 Å². The van der Waals surface area contributed by atoms with Crippen LogP contribution in [-0.4, -0.2) is 18.5 Å². The number of ketones is 1. The van der Waals surface area contributed by atoms with Gasteiger partial charge in [0.15, 0.2) is 11.5 Å². The Morgan fingerprint density at radius 1 is 1.42 bits per heavy atom. The molecule has 0 amide bonds. The summed E-state index contributed by atoms with van der Waals surface area (Å²) in [5.41, 5.74) is 1.89. The van der Waals surface area contributed by atoms with Crippen molar-refractivity contribution in [2.45, 2.75) is 38.7 Å². The minimum atomic E-state index is 0.0751. The number of hydrogen-bond acceptors (Lipinski definition) is 3. The summed E-state index contributed by atoms with van der Waals surface area (Å²) in [6, 6.07) is 7.79. The molecule has 3 heteroatoms. The number of para-hydroxylation sites is 1. The molecule has 0 aliphatic carbocycles. The van der Waals surface area contributed by atoms with Crippen molar-refractivity contribution in [3.63, 3.8) is 0 Å². The first kappa shape index (κ1) is 12.4. The summed E-state index contributed by atoms with van der Waals surface area (Å²) in [5.74, 6) is 0.549. The van der Waals surface area contributed by atoms with Crippen molar-refractivity contribution >= 4 is 16.8 Å². The molecule has 1 aliphatic rings. The van der Waals surface area contributed by atoms with Crippen molar-refractivity contribution in [2.75, 3.05) is 6.61 Å². The summed E-state index contributed by atoms with van der Waals surface area (Å²) in [4.78, 5) is 12.1. The molecule has 0 bridgehead atoms. The lowest BCUT2D eigenvalue weighted by Gasteiger charge is -2.06. The molecular weight excluding hydrogens is 240 g/mol. The van der Waals surface area contributed by atoms with E-state index in [0.29, 0.717) is 12.2 Å². The third-order valence-corrected chi connectivity index (χ3v) is 3.73. The topological polar surface area (TPSA) is 39.4 Å². The lowest BCUT2D eigenvalue weighted by atomic mass is 10.1. The predicted octanol–water partition coefficient (Wildman–Crippen LogP) is 3.88. The van der Waals surface area contributed by atoms with E-state index in [-0.39, 0.29) is 11.9 Å². The maximum Gasteiger partial charge on any atom is 0.198 e. The zero-order chi connectivity index (χ0) is 13.2. The van der Waals surface area contributed by atoms with Crippen LogP contribution in [0.3, 0.4) is 0 Å². The highest BCUT2D eigenvalue weighted by Gasteiger charge is 2.19. The fourth-order valence-corrected chi connectivity index (χ4v) is 2.63. The largest absolute Gasteiger partial charge is 0.453 e. The lowest BCUT2D eigenvalue weighted by molar-refractivity contribution is 0.0842. The van der Waals surface area contributed by atoms with E-state index in [4.69, 9.17) is 9.15 Å². The van der Waals surface area contributed by atoms with E-state index in [2.05, 4.69) is 0 Å². The molecule has 0 spiro atoms. The molecule has 1 fully saturated rings. The van der Waals surface area contributed by atoms with Crippen molar-refractivity contribution < 1.29 is 13.9 Å². The minimum Gasteiger partial charge on any atom is -0.453 e. The number of furan rings is 1.